The van der Waals surface area contributed by atoms with E-state index in [1.165, 1.54) is 19.3 Å². The number of rotatable bonds is 1. The maximum Gasteiger partial charge on any atom is 0.320 e. The van der Waals surface area contributed by atoms with Crippen LogP contribution in [-0.2, 0) is 4.79 Å². The summed E-state index contributed by atoms with van der Waals surface area (Å²) in [5.41, 5.74) is 0. The van der Waals surface area contributed by atoms with Gasteiger partial charge in [0.15, 0.2) is 0 Å². The second-order valence-electron chi connectivity index (χ2n) is 3.93. The van der Waals surface area contributed by atoms with Crippen LogP contribution in [0.5, 0.6) is 0 Å². The van der Waals surface area contributed by atoms with Crippen molar-refractivity contribution in [1.29, 1.82) is 0 Å². The van der Waals surface area contributed by atoms with Crippen LogP contribution in [0.3, 0.4) is 0 Å². The van der Waals surface area contributed by atoms with Gasteiger partial charge in [-0.2, -0.15) is 0 Å². The van der Waals surface area contributed by atoms with Crippen LogP contribution in [0.4, 0.5) is 0 Å². The van der Waals surface area contributed by atoms with E-state index in [9.17, 15) is 4.79 Å². The normalized spacial score (nSPS) is 40.8. The van der Waals surface area contributed by atoms with E-state index in [4.69, 9.17) is 5.11 Å². The Bertz CT molecular complexity index is 193. The first-order valence-corrected chi connectivity index (χ1v) is 4.75. The van der Waals surface area contributed by atoms with Gasteiger partial charge in [0.05, 0.1) is 0 Å². The molecule has 0 bridgehead atoms. The third kappa shape index (κ3) is 1.22. The number of carboxylic acids is 1. The van der Waals surface area contributed by atoms with E-state index in [2.05, 4.69) is 5.32 Å². The van der Waals surface area contributed by atoms with E-state index in [1.54, 1.807) is 0 Å². The number of carboxylic acid groups (broad SMARTS) is 1. The van der Waals surface area contributed by atoms with Gasteiger partial charge in [-0.15, -0.1) is 0 Å². The molecule has 3 atom stereocenters. The third-order valence-electron chi connectivity index (χ3n) is 3.26. The van der Waals surface area contributed by atoms with Crippen molar-refractivity contribution in [3.63, 3.8) is 0 Å². The molecule has 0 amide bonds. The van der Waals surface area contributed by atoms with Gasteiger partial charge in [0.1, 0.15) is 6.04 Å². The summed E-state index contributed by atoms with van der Waals surface area (Å²) in [6.07, 6.45) is 4.83. The number of hydrogen-bond donors (Lipinski definition) is 2. The summed E-state index contributed by atoms with van der Waals surface area (Å²) in [4.78, 5) is 10.8. The van der Waals surface area contributed by atoms with Crippen LogP contribution in [0, 0.1) is 11.8 Å². The van der Waals surface area contributed by atoms with Gasteiger partial charge < -0.3 is 10.4 Å². The number of aliphatic carboxylic acids is 1. The Morgan fingerprint density at radius 1 is 1.33 bits per heavy atom. The molecule has 12 heavy (non-hydrogen) atoms. The molecular formula is C9H15NO2. The molecule has 1 unspecified atom stereocenters. The minimum Gasteiger partial charge on any atom is -0.480 e. The predicted octanol–water partition coefficient (Wildman–Crippen LogP) is 0.849. The molecule has 1 heterocycles. The first-order chi connectivity index (χ1) is 5.79. The largest absolute Gasteiger partial charge is 0.480 e. The highest BCUT2D eigenvalue weighted by Gasteiger charge is 2.40. The fourth-order valence-corrected chi connectivity index (χ4v) is 2.63. The summed E-state index contributed by atoms with van der Waals surface area (Å²) in [7, 11) is 0. The Morgan fingerprint density at radius 2 is 2.08 bits per heavy atom. The molecule has 1 aliphatic carbocycles. The Kier molecular flexibility index (Phi) is 2.05. The lowest BCUT2D eigenvalue weighted by molar-refractivity contribution is -0.140. The highest BCUT2D eigenvalue weighted by Crippen LogP contribution is 2.35. The fraction of sp³-hybridized carbons (Fsp3) is 0.889. The van der Waals surface area contributed by atoms with Crippen molar-refractivity contribution >= 4 is 5.97 Å². The van der Waals surface area contributed by atoms with Crippen LogP contribution in [0.1, 0.15) is 25.7 Å². The molecule has 2 aliphatic rings. The summed E-state index contributed by atoms with van der Waals surface area (Å²) >= 11 is 0. The zero-order valence-electron chi connectivity index (χ0n) is 7.12. The van der Waals surface area contributed by atoms with E-state index in [-0.39, 0.29) is 6.04 Å². The lowest BCUT2D eigenvalue weighted by Gasteiger charge is -2.26. The molecule has 2 rings (SSSR count). The van der Waals surface area contributed by atoms with Crippen molar-refractivity contribution in [2.45, 2.75) is 31.7 Å². The lowest BCUT2D eigenvalue weighted by atomic mass is 9.78. The number of fused-ring (bicyclic) bond motifs is 1. The second kappa shape index (κ2) is 3.05. The zero-order valence-corrected chi connectivity index (χ0v) is 7.12. The molecule has 3 nitrogen and oxygen atoms in total. The van der Waals surface area contributed by atoms with E-state index in [1.807, 2.05) is 0 Å². The van der Waals surface area contributed by atoms with Gasteiger partial charge in [-0.05, 0) is 31.2 Å². The van der Waals surface area contributed by atoms with Crippen LogP contribution in [0.25, 0.3) is 0 Å². The Labute approximate surface area is 72.2 Å². The maximum atomic E-state index is 10.8. The molecule has 3 heteroatoms. The summed E-state index contributed by atoms with van der Waals surface area (Å²) in [6, 6.07) is -0.254. The van der Waals surface area contributed by atoms with Crippen molar-refractivity contribution in [2.75, 3.05) is 6.54 Å². The minimum absolute atomic E-state index is 0.254. The smallest absolute Gasteiger partial charge is 0.320 e. The Balaban J connectivity index is 2.05. The molecule has 1 saturated heterocycles. The minimum atomic E-state index is -0.663. The number of hydrogen-bond acceptors (Lipinski definition) is 2. The molecule has 1 saturated carbocycles. The zero-order chi connectivity index (χ0) is 8.55. The summed E-state index contributed by atoms with van der Waals surface area (Å²) in [5, 5.41) is 12.0. The van der Waals surface area contributed by atoms with E-state index in [0.717, 1.165) is 13.0 Å². The van der Waals surface area contributed by atoms with Crippen LogP contribution in [-0.4, -0.2) is 23.7 Å². The quantitative estimate of drug-likeness (QED) is 0.611. The van der Waals surface area contributed by atoms with Gasteiger partial charge in [-0.1, -0.05) is 12.8 Å². The first kappa shape index (κ1) is 8.05. The average Bonchev–Trinajstić information content (AvgIpc) is 2.47. The van der Waals surface area contributed by atoms with Crippen LogP contribution >= 0.6 is 0 Å². The van der Waals surface area contributed by atoms with E-state index in [0.29, 0.717) is 11.8 Å². The SMILES string of the molecule is O=C(O)[C@H]1NC[C@H]2CCCCC21. The number of nitrogens with one attached hydrogen (secondary N) is 1. The summed E-state index contributed by atoms with van der Waals surface area (Å²) < 4.78 is 0. The fourth-order valence-electron chi connectivity index (χ4n) is 2.63. The monoisotopic (exact) mass is 169 g/mol. The summed E-state index contributed by atoms with van der Waals surface area (Å²) in [5.74, 6) is 0.389. The van der Waals surface area contributed by atoms with Gasteiger partial charge >= 0.3 is 5.97 Å². The standard InChI is InChI=1S/C9H15NO2/c11-9(12)8-7-4-2-1-3-6(7)5-10-8/h6-8,10H,1-5H2,(H,11,12)/t6-,7?,8+/m1/s1. The predicted molar refractivity (Wildman–Crippen MR) is 44.9 cm³/mol. The average molecular weight is 169 g/mol. The third-order valence-corrected chi connectivity index (χ3v) is 3.26. The van der Waals surface area contributed by atoms with Crippen molar-refractivity contribution in [3.05, 3.63) is 0 Å². The Morgan fingerprint density at radius 3 is 2.83 bits per heavy atom. The molecule has 0 aromatic carbocycles. The van der Waals surface area contributed by atoms with Crippen LogP contribution in [0.15, 0.2) is 0 Å². The van der Waals surface area contributed by atoms with Crippen molar-refractivity contribution < 1.29 is 9.90 Å². The Hall–Kier alpha value is -0.570. The van der Waals surface area contributed by atoms with E-state index >= 15 is 0 Å². The molecule has 2 N–H and O–H groups in total. The highest BCUT2D eigenvalue weighted by molar-refractivity contribution is 5.74. The number of carbonyl (C=O) groups is 1. The second-order valence-corrected chi connectivity index (χ2v) is 3.93. The van der Waals surface area contributed by atoms with Crippen LogP contribution < -0.4 is 5.32 Å². The van der Waals surface area contributed by atoms with Crippen LogP contribution in [0.2, 0.25) is 0 Å². The summed E-state index contributed by atoms with van der Waals surface area (Å²) in [6.45, 7) is 0.918. The molecule has 0 spiro atoms. The van der Waals surface area contributed by atoms with Gasteiger partial charge in [0.2, 0.25) is 0 Å². The van der Waals surface area contributed by atoms with Gasteiger partial charge in [-0.3, -0.25) is 4.79 Å². The highest BCUT2D eigenvalue weighted by atomic mass is 16.4. The molecule has 68 valence electrons. The topological polar surface area (TPSA) is 49.3 Å². The maximum absolute atomic E-state index is 10.8. The lowest BCUT2D eigenvalue weighted by Crippen LogP contribution is -2.36. The van der Waals surface area contributed by atoms with Gasteiger partial charge in [0, 0.05) is 0 Å². The molecular weight excluding hydrogens is 154 g/mol. The first-order valence-electron chi connectivity index (χ1n) is 4.75. The van der Waals surface area contributed by atoms with Crippen molar-refractivity contribution in [1.82, 2.24) is 5.32 Å². The van der Waals surface area contributed by atoms with Crippen molar-refractivity contribution in [2.24, 2.45) is 11.8 Å². The van der Waals surface area contributed by atoms with Gasteiger partial charge in [0.25, 0.3) is 0 Å². The van der Waals surface area contributed by atoms with Gasteiger partial charge in [-0.25, -0.2) is 0 Å². The molecule has 0 radical (unpaired) electrons. The molecule has 0 aromatic heterocycles. The molecule has 1 aliphatic heterocycles. The van der Waals surface area contributed by atoms with E-state index < -0.39 is 5.97 Å². The molecule has 0 aromatic rings. The van der Waals surface area contributed by atoms with Crippen molar-refractivity contribution in [3.8, 4) is 0 Å². The molecule has 2 fully saturated rings.